The largest absolute Gasteiger partial charge is 0.336 e. The number of aromatic nitrogens is 2. The van der Waals surface area contributed by atoms with Crippen LogP contribution in [0.15, 0.2) is 0 Å². The third-order valence-corrected chi connectivity index (χ3v) is 5.56. The number of carbonyl (C=O) groups excluding carboxylic acids is 1. The number of rotatable bonds is 2. The molecule has 4 rings (SSSR count). The highest BCUT2D eigenvalue weighted by molar-refractivity contribution is 5.94. The normalized spacial score (nSPS) is 32.1. The molecular weight excluding hydrogens is 238 g/mol. The zero-order valence-corrected chi connectivity index (χ0v) is 11.5. The van der Waals surface area contributed by atoms with Gasteiger partial charge >= 0.3 is 0 Å². The first kappa shape index (κ1) is 11.5. The van der Waals surface area contributed by atoms with Crippen molar-refractivity contribution in [3.8, 4) is 0 Å². The zero-order chi connectivity index (χ0) is 13.0. The third kappa shape index (κ3) is 1.58. The summed E-state index contributed by atoms with van der Waals surface area (Å²) in [7, 11) is 0. The van der Waals surface area contributed by atoms with Gasteiger partial charge in [-0.05, 0) is 49.9 Å². The quantitative estimate of drug-likeness (QED) is 0.884. The first-order valence-corrected chi connectivity index (χ1v) is 7.59. The molecule has 1 aliphatic heterocycles. The highest BCUT2D eigenvalue weighted by Gasteiger charge is 2.59. The number of likely N-dealkylation sites (tertiary alicyclic amines) is 1. The lowest BCUT2D eigenvalue weighted by Gasteiger charge is -2.20. The number of hydrogen-bond donors (Lipinski definition) is 1. The lowest BCUT2D eigenvalue weighted by molar-refractivity contribution is 0.0757. The molecule has 2 aliphatic carbocycles. The maximum atomic E-state index is 12.6. The molecule has 102 valence electrons. The minimum absolute atomic E-state index is 0.166. The Hall–Kier alpha value is -1.32. The molecule has 2 heterocycles. The number of H-pyrrole nitrogens is 1. The molecule has 1 amide bonds. The van der Waals surface area contributed by atoms with Gasteiger partial charge in [0.1, 0.15) is 0 Å². The Morgan fingerprint density at radius 2 is 2.32 bits per heavy atom. The van der Waals surface area contributed by atoms with Crippen LogP contribution in [0.5, 0.6) is 0 Å². The van der Waals surface area contributed by atoms with Crippen molar-refractivity contribution in [1.82, 2.24) is 15.1 Å². The van der Waals surface area contributed by atoms with Crippen LogP contribution < -0.4 is 0 Å². The highest BCUT2D eigenvalue weighted by Crippen LogP contribution is 2.60. The number of hydrogen-bond acceptors (Lipinski definition) is 2. The van der Waals surface area contributed by atoms with Gasteiger partial charge in [0.25, 0.3) is 5.91 Å². The monoisotopic (exact) mass is 259 g/mol. The van der Waals surface area contributed by atoms with Crippen LogP contribution in [0, 0.1) is 11.3 Å². The Bertz CT molecular complexity index is 531. The van der Waals surface area contributed by atoms with E-state index < -0.39 is 0 Å². The Balaban J connectivity index is 1.57. The lowest BCUT2D eigenvalue weighted by atomic mass is 9.95. The molecule has 1 saturated heterocycles. The molecule has 0 spiro atoms. The first-order chi connectivity index (χ1) is 9.23. The molecule has 2 unspecified atom stereocenters. The van der Waals surface area contributed by atoms with E-state index in [1.54, 1.807) is 0 Å². The second kappa shape index (κ2) is 3.84. The van der Waals surface area contributed by atoms with Crippen LogP contribution in [-0.4, -0.2) is 34.1 Å². The average molecular weight is 259 g/mol. The molecule has 1 aromatic heterocycles. The summed E-state index contributed by atoms with van der Waals surface area (Å²) in [5.74, 6) is 0.927. The SMILES string of the molecule is CCC12CC1CN(C(=O)c1n[nH]c3c1CCCC3)C2. The average Bonchev–Trinajstić information content (AvgIpc) is 2.84. The zero-order valence-electron chi connectivity index (χ0n) is 11.5. The minimum atomic E-state index is 0.166. The predicted octanol–water partition coefficient (Wildman–Crippen LogP) is 2.16. The van der Waals surface area contributed by atoms with Gasteiger partial charge in [-0.15, -0.1) is 0 Å². The van der Waals surface area contributed by atoms with Crippen molar-refractivity contribution in [3.63, 3.8) is 0 Å². The van der Waals surface area contributed by atoms with Gasteiger partial charge in [0.05, 0.1) is 0 Å². The van der Waals surface area contributed by atoms with E-state index in [2.05, 4.69) is 17.1 Å². The van der Waals surface area contributed by atoms with Crippen LogP contribution in [-0.2, 0) is 12.8 Å². The minimum Gasteiger partial charge on any atom is -0.336 e. The van der Waals surface area contributed by atoms with Gasteiger partial charge in [-0.25, -0.2) is 0 Å². The fourth-order valence-electron chi connectivity index (χ4n) is 4.10. The van der Waals surface area contributed by atoms with E-state index >= 15 is 0 Å². The second-order valence-corrected chi connectivity index (χ2v) is 6.54. The molecule has 0 bridgehead atoms. The molecule has 3 aliphatic rings. The van der Waals surface area contributed by atoms with E-state index in [0.717, 1.165) is 31.8 Å². The molecule has 0 aromatic carbocycles. The number of nitrogens with zero attached hydrogens (tertiary/aromatic N) is 2. The van der Waals surface area contributed by atoms with Crippen molar-refractivity contribution in [2.75, 3.05) is 13.1 Å². The molecule has 0 radical (unpaired) electrons. The van der Waals surface area contributed by atoms with Crippen molar-refractivity contribution in [3.05, 3.63) is 17.0 Å². The summed E-state index contributed by atoms with van der Waals surface area (Å²) in [6.07, 6.45) is 7.01. The number of aromatic amines is 1. The Kier molecular flexibility index (Phi) is 2.32. The van der Waals surface area contributed by atoms with Crippen LogP contribution >= 0.6 is 0 Å². The van der Waals surface area contributed by atoms with Gasteiger partial charge in [0, 0.05) is 24.3 Å². The van der Waals surface area contributed by atoms with Crippen LogP contribution in [0.3, 0.4) is 0 Å². The van der Waals surface area contributed by atoms with Crippen LogP contribution in [0.4, 0.5) is 0 Å². The Morgan fingerprint density at radius 3 is 3.11 bits per heavy atom. The van der Waals surface area contributed by atoms with E-state index in [9.17, 15) is 4.79 Å². The van der Waals surface area contributed by atoms with E-state index in [1.165, 1.54) is 36.9 Å². The van der Waals surface area contributed by atoms with E-state index in [1.807, 2.05) is 4.90 Å². The molecule has 2 fully saturated rings. The van der Waals surface area contributed by atoms with E-state index in [-0.39, 0.29) is 5.91 Å². The van der Waals surface area contributed by atoms with Crippen LogP contribution in [0.2, 0.25) is 0 Å². The maximum absolute atomic E-state index is 12.6. The van der Waals surface area contributed by atoms with Gasteiger partial charge in [0.2, 0.25) is 0 Å². The van der Waals surface area contributed by atoms with Crippen LogP contribution in [0.25, 0.3) is 0 Å². The van der Waals surface area contributed by atoms with Crippen molar-refractivity contribution in [2.45, 2.75) is 45.4 Å². The summed E-state index contributed by atoms with van der Waals surface area (Å²) in [6, 6.07) is 0. The summed E-state index contributed by atoms with van der Waals surface area (Å²) in [4.78, 5) is 14.7. The fraction of sp³-hybridized carbons (Fsp3) is 0.733. The van der Waals surface area contributed by atoms with Gasteiger partial charge < -0.3 is 4.90 Å². The number of aryl methyl sites for hydroxylation is 1. The predicted molar refractivity (Wildman–Crippen MR) is 72.0 cm³/mol. The number of fused-ring (bicyclic) bond motifs is 2. The van der Waals surface area contributed by atoms with Gasteiger partial charge in [-0.1, -0.05) is 6.92 Å². The standard InChI is InChI=1S/C15H21N3O/c1-2-15-7-10(15)8-18(9-15)14(19)13-11-5-3-4-6-12(11)16-17-13/h10H,2-9H2,1H3,(H,16,17). The molecule has 4 nitrogen and oxygen atoms in total. The van der Waals surface area contributed by atoms with Crippen molar-refractivity contribution in [2.24, 2.45) is 11.3 Å². The Labute approximate surface area is 113 Å². The van der Waals surface area contributed by atoms with Crippen molar-refractivity contribution in [1.29, 1.82) is 0 Å². The van der Waals surface area contributed by atoms with Gasteiger partial charge in [0.15, 0.2) is 5.69 Å². The van der Waals surface area contributed by atoms with Gasteiger partial charge in [-0.3, -0.25) is 9.89 Å². The molecule has 2 atom stereocenters. The van der Waals surface area contributed by atoms with Crippen molar-refractivity contribution < 1.29 is 4.79 Å². The lowest BCUT2D eigenvalue weighted by Crippen LogP contribution is -2.32. The molecule has 1 N–H and O–H groups in total. The van der Waals surface area contributed by atoms with E-state index in [4.69, 9.17) is 0 Å². The summed E-state index contributed by atoms with van der Waals surface area (Å²) >= 11 is 0. The molecule has 19 heavy (non-hydrogen) atoms. The first-order valence-electron chi connectivity index (χ1n) is 7.59. The summed E-state index contributed by atoms with van der Waals surface area (Å²) in [5.41, 5.74) is 3.57. The molecule has 1 aromatic rings. The number of nitrogens with one attached hydrogen (secondary N) is 1. The van der Waals surface area contributed by atoms with Gasteiger partial charge in [-0.2, -0.15) is 5.10 Å². The summed E-state index contributed by atoms with van der Waals surface area (Å²) in [5, 5.41) is 7.39. The Morgan fingerprint density at radius 1 is 1.47 bits per heavy atom. The summed E-state index contributed by atoms with van der Waals surface area (Å²) in [6.45, 7) is 4.16. The highest BCUT2D eigenvalue weighted by atomic mass is 16.2. The molecule has 1 saturated carbocycles. The molecular formula is C15H21N3O. The fourth-order valence-corrected chi connectivity index (χ4v) is 4.10. The van der Waals surface area contributed by atoms with Crippen molar-refractivity contribution >= 4 is 5.91 Å². The number of carbonyl (C=O) groups is 1. The number of amides is 1. The second-order valence-electron chi connectivity index (χ2n) is 6.54. The van der Waals surface area contributed by atoms with E-state index in [0.29, 0.717) is 11.1 Å². The molecule has 4 heteroatoms. The number of piperidine rings is 1. The van der Waals surface area contributed by atoms with Crippen LogP contribution in [0.1, 0.15) is 54.4 Å². The third-order valence-electron chi connectivity index (χ3n) is 5.56. The smallest absolute Gasteiger partial charge is 0.274 e. The maximum Gasteiger partial charge on any atom is 0.274 e. The summed E-state index contributed by atoms with van der Waals surface area (Å²) < 4.78 is 0. The topological polar surface area (TPSA) is 49.0 Å².